The van der Waals surface area contributed by atoms with Crippen molar-refractivity contribution in [3.63, 3.8) is 0 Å². The number of unbranched alkanes of at least 4 members (excludes halogenated alkanes) is 4. The third-order valence-electron chi connectivity index (χ3n) is 8.07. The van der Waals surface area contributed by atoms with Gasteiger partial charge in [-0.3, -0.25) is 9.59 Å². The van der Waals surface area contributed by atoms with Gasteiger partial charge in [-0.05, 0) is 97.6 Å². The van der Waals surface area contributed by atoms with Crippen molar-refractivity contribution in [3.8, 4) is 11.5 Å². The molecule has 2 aromatic rings. The molecule has 0 saturated carbocycles. The van der Waals surface area contributed by atoms with Gasteiger partial charge in [0.1, 0.15) is 24.7 Å². The lowest BCUT2D eigenvalue weighted by atomic mass is 9.95. The van der Waals surface area contributed by atoms with Gasteiger partial charge in [-0.1, -0.05) is 77.6 Å². The van der Waals surface area contributed by atoms with Crippen molar-refractivity contribution >= 4 is 23.7 Å². The summed E-state index contributed by atoms with van der Waals surface area (Å²) >= 11 is 1.60. The molecule has 2 N–H and O–H groups in total. The summed E-state index contributed by atoms with van der Waals surface area (Å²) in [6.07, 6.45) is 13.6. The van der Waals surface area contributed by atoms with Gasteiger partial charge in [0.15, 0.2) is 0 Å². The van der Waals surface area contributed by atoms with E-state index in [1.807, 2.05) is 24.3 Å². The second kappa shape index (κ2) is 22.8. The normalized spacial score (nSPS) is 11.1. The molecule has 0 spiro atoms. The summed E-state index contributed by atoms with van der Waals surface area (Å²) in [4.78, 5) is 24.7. The second-order valence-electron chi connectivity index (χ2n) is 12.0. The molecule has 0 radical (unpaired) electrons. The van der Waals surface area contributed by atoms with Crippen LogP contribution in [0.25, 0.3) is 0 Å². The van der Waals surface area contributed by atoms with E-state index in [4.69, 9.17) is 9.47 Å². The molecule has 252 valence electrons. The van der Waals surface area contributed by atoms with E-state index in [1.165, 1.54) is 0 Å². The lowest BCUT2D eigenvalue weighted by Crippen LogP contribution is -2.11. The summed E-state index contributed by atoms with van der Waals surface area (Å²) in [5.74, 6) is 1.72. The van der Waals surface area contributed by atoms with E-state index in [2.05, 4.69) is 27.7 Å². The van der Waals surface area contributed by atoms with Gasteiger partial charge < -0.3 is 19.7 Å². The number of phenols is 2. The van der Waals surface area contributed by atoms with E-state index in [0.29, 0.717) is 61.9 Å². The average Bonchev–Trinajstić information content (AvgIpc) is 3.04. The first-order valence-electron chi connectivity index (χ1n) is 17.4. The van der Waals surface area contributed by atoms with Crippen molar-refractivity contribution in [3.05, 3.63) is 57.6 Å². The molecule has 0 heterocycles. The van der Waals surface area contributed by atoms with Crippen LogP contribution in [0, 0.1) is 0 Å². The highest BCUT2D eigenvalue weighted by Gasteiger charge is 2.13. The van der Waals surface area contributed by atoms with E-state index >= 15 is 0 Å². The second-order valence-corrected chi connectivity index (χ2v) is 13.2. The molecule has 0 aliphatic rings. The van der Waals surface area contributed by atoms with Crippen molar-refractivity contribution in [2.75, 3.05) is 24.7 Å². The zero-order valence-electron chi connectivity index (χ0n) is 28.4. The quantitative estimate of drug-likeness (QED) is 0.0873. The number of thioether (sulfide) groups is 1. The van der Waals surface area contributed by atoms with Crippen molar-refractivity contribution in [2.24, 2.45) is 0 Å². The van der Waals surface area contributed by atoms with Crippen LogP contribution in [0.4, 0.5) is 0 Å². The largest absolute Gasteiger partial charge is 0.507 e. The molecule has 0 amide bonds. The van der Waals surface area contributed by atoms with E-state index in [-0.39, 0.29) is 11.9 Å². The standard InChI is InChI=1S/C38H58O6S/c1-5-9-13-31-25-29(26-32(37(31)41)14-10-6-2)17-19-35(39)43-21-23-45-24-22-44-36(40)20-18-30-27-33(15-11-7-3)38(42)34(28-30)16-12-8-4/h25-28,41-42H,5-24H2,1-4H3. The minimum Gasteiger partial charge on any atom is -0.507 e. The number of carbonyl (C=O) groups excluding carboxylic acids is 2. The SMILES string of the molecule is CCCCc1cc(CCC(=O)OCCSCCOC(=O)CCc2cc(CCCC)c(O)c(CCCC)c2)cc(CCCC)c1O. The maximum Gasteiger partial charge on any atom is 0.306 e. The highest BCUT2D eigenvalue weighted by molar-refractivity contribution is 7.99. The van der Waals surface area contributed by atoms with Gasteiger partial charge in [0.25, 0.3) is 0 Å². The molecule has 0 atom stereocenters. The Morgan fingerprint density at radius 2 is 0.867 bits per heavy atom. The van der Waals surface area contributed by atoms with Crippen molar-refractivity contribution < 1.29 is 29.3 Å². The summed E-state index contributed by atoms with van der Waals surface area (Å²) in [6.45, 7) is 9.25. The molecule has 45 heavy (non-hydrogen) atoms. The lowest BCUT2D eigenvalue weighted by molar-refractivity contribution is -0.143. The number of aromatic hydroxyl groups is 2. The van der Waals surface area contributed by atoms with Crippen molar-refractivity contribution in [1.82, 2.24) is 0 Å². The fourth-order valence-electron chi connectivity index (χ4n) is 5.35. The Balaban J connectivity index is 1.68. The van der Waals surface area contributed by atoms with Gasteiger partial charge in [0, 0.05) is 24.3 Å². The van der Waals surface area contributed by atoms with Crippen LogP contribution in [0.1, 0.15) is 125 Å². The van der Waals surface area contributed by atoms with Gasteiger partial charge in [0.2, 0.25) is 0 Å². The van der Waals surface area contributed by atoms with Crippen LogP contribution in [-0.2, 0) is 57.6 Å². The molecule has 0 bridgehead atoms. The molecule has 0 aliphatic carbocycles. The molecule has 0 aromatic heterocycles. The Kier molecular flexibility index (Phi) is 19.5. The Morgan fingerprint density at radius 3 is 1.16 bits per heavy atom. The van der Waals surface area contributed by atoms with Gasteiger partial charge >= 0.3 is 11.9 Å². The summed E-state index contributed by atoms with van der Waals surface area (Å²) in [7, 11) is 0. The minimum absolute atomic E-state index is 0.217. The first-order valence-corrected chi connectivity index (χ1v) is 18.5. The minimum atomic E-state index is -0.217. The summed E-state index contributed by atoms with van der Waals surface area (Å²) in [5, 5.41) is 21.4. The van der Waals surface area contributed by atoms with Crippen LogP contribution in [0.2, 0.25) is 0 Å². The maximum absolute atomic E-state index is 12.4. The van der Waals surface area contributed by atoms with Crippen LogP contribution in [0.5, 0.6) is 11.5 Å². The van der Waals surface area contributed by atoms with E-state index in [1.54, 1.807) is 11.8 Å². The molecular formula is C38H58O6S. The fourth-order valence-corrected chi connectivity index (χ4v) is 5.96. The number of rotatable bonds is 24. The van der Waals surface area contributed by atoms with Gasteiger partial charge in [-0.2, -0.15) is 11.8 Å². The Hall–Kier alpha value is -2.67. The summed E-state index contributed by atoms with van der Waals surface area (Å²) in [5.41, 5.74) is 6.10. The number of benzene rings is 2. The molecule has 0 aliphatic heterocycles. The van der Waals surface area contributed by atoms with Crippen LogP contribution < -0.4 is 0 Å². The molecule has 2 rings (SSSR count). The highest BCUT2D eigenvalue weighted by atomic mass is 32.2. The number of carbonyl (C=O) groups is 2. The Bertz CT molecular complexity index is 1010. The van der Waals surface area contributed by atoms with Crippen molar-refractivity contribution in [1.29, 1.82) is 0 Å². The molecule has 0 fully saturated rings. The Morgan fingerprint density at radius 1 is 0.556 bits per heavy atom. The van der Waals surface area contributed by atoms with E-state index in [9.17, 15) is 19.8 Å². The molecular weight excluding hydrogens is 584 g/mol. The van der Waals surface area contributed by atoms with Crippen LogP contribution in [0.3, 0.4) is 0 Å². The molecule has 7 heteroatoms. The third kappa shape index (κ3) is 15.0. The lowest BCUT2D eigenvalue weighted by Gasteiger charge is -2.13. The molecule has 0 saturated heterocycles. The van der Waals surface area contributed by atoms with Crippen LogP contribution in [0.15, 0.2) is 24.3 Å². The summed E-state index contributed by atoms with van der Waals surface area (Å²) < 4.78 is 10.9. The van der Waals surface area contributed by atoms with Gasteiger partial charge in [-0.25, -0.2) is 0 Å². The predicted molar refractivity (Wildman–Crippen MR) is 187 cm³/mol. The number of ether oxygens (including phenoxy) is 2. The average molecular weight is 643 g/mol. The fraction of sp³-hybridized carbons (Fsp3) is 0.632. The highest BCUT2D eigenvalue weighted by Crippen LogP contribution is 2.30. The zero-order valence-corrected chi connectivity index (χ0v) is 29.2. The number of hydrogen-bond acceptors (Lipinski definition) is 7. The number of aryl methyl sites for hydroxylation is 6. The van der Waals surface area contributed by atoms with Gasteiger partial charge in [0.05, 0.1) is 0 Å². The topological polar surface area (TPSA) is 93.1 Å². The monoisotopic (exact) mass is 642 g/mol. The third-order valence-corrected chi connectivity index (χ3v) is 8.98. The molecule has 6 nitrogen and oxygen atoms in total. The zero-order chi connectivity index (χ0) is 32.9. The van der Waals surface area contributed by atoms with E-state index < -0.39 is 0 Å². The predicted octanol–water partition coefficient (Wildman–Crippen LogP) is 8.85. The number of esters is 2. The molecule has 0 unspecified atom stereocenters. The number of hydrogen-bond donors (Lipinski definition) is 2. The van der Waals surface area contributed by atoms with Crippen LogP contribution in [-0.4, -0.2) is 46.9 Å². The smallest absolute Gasteiger partial charge is 0.306 e. The first-order chi connectivity index (χ1) is 21.8. The maximum atomic E-state index is 12.4. The van der Waals surface area contributed by atoms with Crippen LogP contribution >= 0.6 is 11.8 Å². The number of phenolic OH excluding ortho intramolecular Hbond substituents is 2. The summed E-state index contributed by atoms with van der Waals surface area (Å²) in [6, 6.07) is 8.19. The Labute approximate surface area is 276 Å². The van der Waals surface area contributed by atoms with E-state index in [0.717, 1.165) is 110 Å². The van der Waals surface area contributed by atoms with Crippen molar-refractivity contribution in [2.45, 2.75) is 130 Å². The first kappa shape index (κ1) is 38.5. The molecule has 2 aromatic carbocycles. The van der Waals surface area contributed by atoms with Gasteiger partial charge in [-0.15, -0.1) is 0 Å².